The fraction of sp³-hybridized carbons (Fsp3) is 0.455. The van der Waals surface area contributed by atoms with Crippen LogP contribution in [-0.4, -0.2) is 43.7 Å². The smallest absolute Gasteiger partial charge is 0.213 e. The first-order valence-corrected chi connectivity index (χ1v) is 10.1. The normalized spacial score (nSPS) is 19.5. The van der Waals surface area contributed by atoms with Gasteiger partial charge in [0.25, 0.3) is 0 Å². The van der Waals surface area contributed by atoms with Crippen LogP contribution in [0.25, 0.3) is 0 Å². The van der Waals surface area contributed by atoms with Gasteiger partial charge in [-0.15, -0.1) is 0 Å². The molecule has 148 valence electrons. The number of para-hydroxylation sites is 1. The van der Waals surface area contributed by atoms with Crippen LogP contribution in [0.15, 0.2) is 53.7 Å². The summed E-state index contributed by atoms with van der Waals surface area (Å²) < 4.78 is 5.77. The Bertz CT molecular complexity index is 791. The maximum absolute atomic E-state index is 5.77. The quantitative estimate of drug-likeness (QED) is 0.572. The fourth-order valence-corrected chi connectivity index (χ4v) is 3.45. The van der Waals surface area contributed by atoms with Crippen LogP contribution in [0.4, 0.5) is 5.69 Å². The highest BCUT2D eigenvalue weighted by Crippen LogP contribution is 2.29. The third kappa shape index (κ3) is 5.15. The van der Waals surface area contributed by atoms with Crippen LogP contribution in [0, 0.1) is 5.92 Å². The third-order valence-electron chi connectivity index (χ3n) is 5.30. The van der Waals surface area contributed by atoms with Gasteiger partial charge in [-0.05, 0) is 48.9 Å². The predicted molar refractivity (Wildman–Crippen MR) is 113 cm³/mol. The van der Waals surface area contributed by atoms with Gasteiger partial charge in [-0.1, -0.05) is 18.2 Å². The van der Waals surface area contributed by atoms with E-state index < -0.39 is 0 Å². The van der Waals surface area contributed by atoms with Gasteiger partial charge < -0.3 is 20.3 Å². The number of rotatable bonds is 7. The lowest BCUT2D eigenvalue weighted by molar-refractivity contribution is 0.288. The first-order valence-electron chi connectivity index (χ1n) is 10.1. The van der Waals surface area contributed by atoms with E-state index in [1.165, 1.54) is 18.5 Å². The van der Waals surface area contributed by atoms with Crippen molar-refractivity contribution in [1.82, 2.24) is 15.6 Å². The number of aliphatic imine (C=N–C) groups is 1. The van der Waals surface area contributed by atoms with Crippen molar-refractivity contribution < 1.29 is 4.74 Å². The van der Waals surface area contributed by atoms with E-state index in [0.29, 0.717) is 18.5 Å². The summed E-state index contributed by atoms with van der Waals surface area (Å²) in [6, 6.07) is 15.0. The molecular formula is C22H29N5O. The lowest BCUT2D eigenvalue weighted by atomic mass is 10.2. The second-order valence-electron chi connectivity index (χ2n) is 7.59. The van der Waals surface area contributed by atoms with Crippen LogP contribution in [0.1, 0.15) is 24.8 Å². The highest BCUT2D eigenvalue weighted by Gasteiger charge is 2.23. The van der Waals surface area contributed by atoms with E-state index >= 15 is 0 Å². The van der Waals surface area contributed by atoms with Gasteiger partial charge in [0.2, 0.25) is 5.88 Å². The molecule has 0 bridgehead atoms. The first kappa shape index (κ1) is 18.6. The average molecular weight is 380 g/mol. The zero-order valence-electron chi connectivity index (χ0n) is 16.5. The van der Waals surface area contributed by atoms with Crippen molar-refractivity contribution in [2.75, 3.05) is 31.6 Å². The molecule has 2 heterocycles. The Hall–Kier alpha value is -2.76. The Labute approximate surface area is 167 Å². The summed E-state index contributed by atoms with van der Waals surface area (Å²) in [6.07, 6.45) is 5.48. The maximum Gasteiger partial charge on any atom is 0.213 e. The second kappa shape index (κ2) is 8.95. The summed E-state index contributed by atoms with van der Waals surface area (Å²) in [5.74, 6) is 2.27. The highest BCUT2D eigenvalue weighted by molar-refractivity contribution is 5.80. The lowest BCUT2D eigenvalue weighted by Gasteiger charge is -2.20. The third-order valence-corrected chi connectivity index (χ3v) is 5.30. The Morgan fingerprint density at radius 3 is 2.86 bits per heavy atom. The number of benzene rings is 1. The Kier molecular flexibility index (Phi) is 5.95. The molecule has 28 heavy (non-hydrogen) atoms. The molecule has 1 saturated heterocycles. The standard InChI is InChI=1S/C22H29N5O/c1-23-22(26-19-10-12-27(15-19)20-5-3-2-4-6-20)25-14-18-9-11-24-21(13-18)28-16-17-7-8-17/h2-6,9,11,13,17,19H,7-8,10,12,14-16H2,1H3,(H2,23,25,26). The van der Waals surface area contributed by atoms with Gasteiger partial charge in [-0.3, -0.25) is 4.99 Å². The molecule has 4 rings (SSSR count). The topological polar surface area (TPSA) is 61.8 Å². The Morgan fingerprint density at radius 2 is 2.07 bits per heavy atom. The Morgan fingerprint density at radius 1 is 1.21 bits per heavy atom. The van der Waals surface area contributed by atoms with Gasteiger partial charge in [0.1, 0.15) is 0 Å². The molecule has 2 N–H and O–H groups in total. The van der Waals surface area contributed by atoms with Crippen molar-refractivity contribution in [2.24, 2.45) is 10.9 Å². The van der Waals surface area contributed by atoms with E-state index in [-0.39, 0.29) is 0 Å². The summed E-state index contributed by atoms with van der Waals surface area (Å²) >= 11 is 0. The molecule has 0 spiro atoms. The van der Waals surface area contributed by atoms with Crippen LogP contribution in [-0.2, 0) is 6.54 Å². The van der Waals surface area contributed by atoms with Gasteiger partial charge >= 0.3 is 0 Å². The molecule has 1 aliphatic carbocycles. The number of hydrogen-bond acceptors (Lipinski definition) is 4. The highest BCUT2D eigenvalue weighted by atomic mass is 16.5. The molecule has 2 aliphatic rings. The molecule has 6 heteroatoms. The molecule has 2 aromatic rings. The van der Waals surface area contributed by atoms with Crippen LogP contribution in [0.3, 0.4) is 0 Å². The number of aromatic nitrogens is 1. The molecule has 1 saturated carbocycles. The molecule has 2 fully saturated rings. The Balaban J connectivity index is 1.25. The van der Waals surface area contributed by atoms with Crippen molar-refractivity contribution in [3.8, 4) is 5.88 Å². The molecule has 1 atom stereocenters. The van der Waals surface area contributed by atoms with E-state index in [0.717, 1.165) is 43.6 Å². The van der Waals surface area contributed by atoms with Gasteiger partial charge in [-0.25, -0.2) is 4.98 Å². The number of anilines is 1. The summed E-state index contributed by atoms with van der Waals surface area (Å²) in [5, 5.41) is 6.96. The van der Waals surface area contributed by atoms with Crippen molar-refractivity contribution in [1.29, 1.82) is 0 Å². The SMILES string of the molecule is CN=C(NCc1ccnc(OCC2CC2)c1)NC1CCN(c2ccccc2)C1. The van der Waals surface area contributed by atoms with E-state index in [4.69, 9.17) is 4.74 Å². The number of nitrogens with one attached hydrogen (secondary N) is 2. The predicted octanol–water partition coefficient (Wildman–Crippen LogP) is 2.81. The van der Waals surface area contributed by atoms with Gasteiger partial charge in [0, 0.05) is 50.7 Å². The van der Waals surface area contributed by atoms with Crippen LogP contribution in [0.5, 0.6) is 5.88 Å². The minimum atomic E-state index is 0.390. The van der Waals surface area contributed by atoms with Gasteiger partial charge in [0.05, 0.1) is 6.61 Å². The van der Waals surface area contributed by atoms with Crippen molar-refractivity contribution >= 4 is 11.6 Å². The monoisotopic (exact) mass is 379 g/mol. The fourth-order valence-electron chi connectivity index (χ4n) is 3.45. The number of guanidine groups is 1. The van der Waals surface area contributed by atoms with Crippen molar-refractivity contribution in [3.05, 3.63) is 54.2 Å². The molecule has 1 aliphatic heterocycles. The lowest BCUT2D eigenvalue weighted by Crippen LogP contribution is -2.44. The zero-order valence-corrected chi connectivity index (χ0v) is 16.5. The van der Waals surface area contributed by atoms with Crippen LogP contribution >= 0.6 is 0 Å². The maximum atomic E-state index is 5.77. The first-order chi connectivity index (χ1) is 13.8. The largest absolute Gasteiger partial charge is 0.477 e. The molecule has 1 unspecified atom stereocenters. The number of nitrogens with zero attached hydrogens (tertiary/aromatic N) is 3. The second-order valence-corrected chi connectivity index (χ2v) is 7.59. The van der Waals surface area contributed by atoms with E-state index in [9.17, 15) is 0 Å². The molecule has 0 amide bonds. The minimum Gasteiger partial charge on any atom is -0.477 e. The zero-order chi connectivity index (χ0) is 19.2. The summed E-state index contributed by atoms with van der Waals surface area (Å²) in [5.41, 5.74) is 2.42. The minimum absolute atomic E-state index is 0.390. The van der Waals surface area contributed by atoms with Gasteiger partial charge in [0.15, 0.2) is 5.96 Å². The van der Waals surface area contributed by atoms with Crippen molar-refractivity contribution in [3.63, 3.8) is 0 Å². The van der Waals surface area contributed by atoms with Crippen LogP contribution in [0.2, 0.25) is 0 Å². The number of pyridine rings is 1. The molecule has 1 aromatic heterocycles. The van der Waals surface area contributed by atoms with Gasteiger partial charge in [-0.2, -0.15) is 0 Å². The van der Waals surface area contributed by atoms with E-state index in [1.807, 2.05) is 25.4 Å². The molecular weight excluding hydrogens is 350 g/mol. The summed E-state index contributed by atoms with van der Waals surface area (Å²) in [7, 11) is 1.82. The molecule has 6 nitrogen and oxygen atoms in total. The number of hydrogen-bond donors (Lipinski definition) is 2. The van der Waals surface area contributed by atoms with E-state index in [1.54, 1.807) is 0 Å². The van der Waals surface area contributed by atoms with Crippen molar-refractivity contribution in [2.45, 2.75) is 31.8 Å². The average Bonchev–Trinajstić information content (AvgIpc) is 3.46. The van der Waals surface area contributed by atoms with Crippen LogP contribution < -0.4 is 20.3 Å². The van der Waals surface area contributed by atoms with E-state index in [2.05, 4.69) is 55.8 Å². The summed E-state index contributed by atoms with van der Waals surface area (Å²) in [6.45, 7) is 3.52. The molecule has 1 aromatic carbocycles. The number of ether oxygens (including phenoxy) is 1. The summed E-state index contributed by atoms with van der Waals surface area (Å²) in [4.78, 5) is 11.1. The molecule has 0 radical (unpaired) electrons.